The van der Waals surface area contributed by atoms with Crippen LogP contribution in [-0.4, -0.2) is 70.5 Å². The van der Waals surface area contributed by atoms with E-state index in [0.29, 0.717) is 28.4 Å². The number of hydrogen-bond acceptors (Lipinski definition) is 25. The molecule has 0 aromatic heterocycles. The van der Waals surface area contributed by atoms with E-state index in [9.17, 15) is 105 Å². The van der Waals surface area contributed by atoms with Crippen LogP contribution in [-0.2, 0) is 0 Å². The van der Waals surface area contributed by atoms with Gasteiger partial charge in [0.2, 0.25) is 0 Å². The minimum absolute atomic E-state index is 0.0251. The van der Waals surface area contributed by atoms with E-state index in [4.69, 9.17) is 0 Å². The SMILES string of the molecule is CN(C)c1ccc(C(=C(C#N)C#N)C(=C(C#N)C#N)c2cc3c(C(=C(C#N)C#N)C(=C(C#N)C#N)c4ccc(N(C)C)cc4)cc4c(C(=C(C#N)C#N)C(=C(C#N)C#N)c5ccc(N(C)C)cc5)cc5c(C(=C(C#N)C#N)C(=C(C#N)C#N)c6ccc(N(C)C)cc6)cc6c(C(=C(C#N)C#N)C(=C(C#N)C#N)c7ccc(N(C)C)cc7)cc2c2c6c5c4c32)cc1. The van der Waals surface area contributed by atoms with E-state index in [-0.39, 0.29) is 137 Å². The molecule has 0 amide bonds. The lowest BCUT2D eigenvalue weighted by Crippen LogP contribution is -2.08. The van der Waals surface area contributed by atoms with Crippen LogP contribution >= 0.6 is 0 Å². The lowest BCUT2D eigenvalue weighted by molar-refractivity contribution is 1.13. The Balaban J connectivity index is 1.68. The van der Waals surface area contributed by atoms with Crippen LogP contribution in [0.2, 0.25) is 0 Å². The van der Waals surface area contributed by atoms with Crippen molar-refractivity contribution in [2.24, 2.45) is 0 Å². The van der Waals surface area contributed by atoms with Crippen molar-refractivity contribution < 1.29 is 0 Å². The Kier molecular flexibility index (Phi) is 24.5. The van der Waals surface area contributed by atoms with Gasteiger partial charge in [0.1, 0.15) is 177 Å². The first-order chi connectivity index (χ1) is 60.3. The first-order valence-corrected chi connectivity index (χ1v) is 37.1. The van der Waals surface area contributed by atoms with Gasteiger partial charge in [-0.1, -0.05) is 60.7 Å². The second kappa shape index (κ2) is 35.8. The molecule has 0 aliphatic heterocycles. The van der Waals surface area contributed by atoms with Crippen LogP contribution in [0.1, 0.15) is 55.6 Å². The average molecular weight is 1610 g/mol. The molecule has 0 N–H and O–H groups in total. The van der Waals surface area contributed by atoms with Crippen LogP contribution in [0.15, 0.2) is 207 Å². The molecule has 0 bridgehead atoms. The van der Waals surface area contributed by atoms with E-state index in [0.717, 1.165) is 0 Å². The largest absolute Gasteiger partial charge is 0.378 e. The maximum Gasteiger partial charge on any atom is 0.138 e. The lowest BCUT2D eigenvalue weighted by atomic mass is 9.78. The summed E-state index contributed by atoms with van der Waals surface area (Å²) in [6.45, 7) is 0. The van der Waals surface area contributed by atoms with E-state index in [1.165, 1.54) is 91.0 Å². The zero-order valence-corrected chi connectivity index (χ0v) is 68.1. The smallest absolute Gasteiger partial charge is 0.138 e. The number of allylic oxidation sites excluding steroid dienone is 20. The summed E-state index contributed by atoms with van der Waals surface area (Å²) in [4.78, 5) is 8.68. The number of benzene rings is 10. The predicted molar refractivity (Wildman–Crippen MR) is 473 cm³/mol. The molecule has 0 unspecified atom stereocenters. The topological polar surface area (TPSA) is 492 Å². The molecule has 0 saturated carbocycles. The van der Waals surface area contributed by atoms with Crippen LogP contribution in [0.25, 0.3) is 110 Å². The molecule has 0 spiro atoms. The van der Waals surface area contributed by atoms with E-state index in [2.05, 4.69) is 0 Å². The average Bonchev–Trinajstić information content (AvgIpc) is 1.50. The Bertz CT molecular complexity index is 6580. The molecule has 11 aromatic rings. The molecule has 125 heavy (non-hydrogen) atoms. The Morgan fingerprint density at radius 3 is 0.360 bits per heavy atom. The zero-order chi connectivity index (χ0) is 90.7. The van der Waals surface area contributed by atoms with Gasteiger partial charge in [0.05, 0.1) is 0 Å². The molecule has 0 aliphatic rings. The summed E-state index contributed by atoms with van der Waals surface area (Å²) < 4.78 is 0. The summed E-state index contributed by atoms with van der Waals surface area (Å²) in [7, 11) is 17.3. The Labute approximate surface area is 718 Å². The summed E-state index contributed by atoms with van der Waals surface area (Å²) in [6, 6.07) is 77.6. The molecule has 580 valence electrons. The molecule has 0 atom stereocenters. The van der Waals surface area contributed by atoms with Gasteiger partial charge in [0, 0.05) is 155 Å². The maximum atomic E-state index is 11.8. The first-order valence-electron chi connectivity index (χ1n) is 37.1. The number of nitrogens with zero attached hydrogens (tertiary/aromatic N) is 25. The molecule has 25 heteroatoms. The van der Waals surface area contributed by atoms with Crippen molar-refractivity contribution in [3.05, 3.63) is 263 Å². The molecular weight excluding hydrogens is 1550 g/mol. The van der Waals surface area contributed by atoms with E-state index in [1.807, 2.05) is 121 Å². The molecule has 11 aromatic carbocycles. The van der Waals surface area contributed by atoms with Gasteiger partial charge in [0.15, 0.2) is 0 Å². The van der Waals surface area contributed by atoms with Crippen molar-refractivity contribution in [2.45, 2.75) is 0 Å². The minimum Gasteiger partial charge on any atom is -0.378 e. The number of rotatable bonds is 20. The fraction of sp³-hybridized carbons (Fsp3) is 0.100. The van der Waals surface area contributed by atoms with Crippen LogP contribution in [0.3, 0.4) is 0 Å². The molecule has 11 rings (SSSR count). The Morgan fingerprint density at radius 1 is 0.160 bits per heavy atom. The van der Waals surface area contributed by atoms with Gasteiger partial charge < -0.3 is 24.5 Å². The molecule has 0 saturated heterocycles. The van der Waals surface area contributed by atoms with Gasteiger partial charge in [-0.3, -0.25) is 0 Å². The van der Waals surface area contributed by atoms with Crippen LogP contribution < -0.4 is 24.5 Å². The van der Waals surface area contributed by atoms with Crippen LogP contribution in [0.5, 0.6) is 0 Å². The fourth-order valence-electron chi connectivity index (χ4n) is 15.6. The van der Waals surface area contributed by atoms with Gasteiger partial charge in [-0.05, 0) is 200 Å². The Hall–Kier alpha value is -20.3. The van der Waals surface area contributed by atoms with Crippen molar-refractivity contribution >= 4 is 138 Å². The molecular formula is C100H55N25. The lowest BCUT2D eigenvalue weighted by Gasteiger charge is -2.23. The second-order valence-corrected chi connectivity index (χ2v) is 28.7. The first kappa shape index (κ1) is 85.6. The maximum absolute atomic E-state index is 11.8. The van der Waals surface area contributed by atoms with Crippen LogP contribution in [0, 0.1) is 227 Å². The molecule has 0 aliphatic carbocycles. The highest BCUT2D eigenvalue weighted by molar-refractivity contribution is 6.49. The summed E-state index contributed by atoms with van der Waals surface area (Å²) >= 11 is 0. The van der Waals surface area contributed by atoms with Gasteiger partial charge >= 0.3 is 0 Å². The minimum atomic E-state index is -0.811. The van der Waals surface area contributed by atoms with Gasteiger partial charge in [0.25, 0.3) is 0 Å². The number of anilines is 5. The van der Waals surface area contributed by atoms with Crippen molar-refractivity contribution in [3.8, 4) is 121 Å². The third-order valence-electron chi connectivity index (χ3n) is 21.2. The molecule has 0 fully saturated rings. The van der Waals surface area contributed by atoms with Gasteiger partial charge in [-0.25, -0.2) is 0 Å². The summed E-state index contributed by atoms with van der Waals surface area (Å²) in [5, 5.41) is 232. The monoisotopic (exact) mass is 1610 g/mol. The van der Waals surface area contributed by atoms with E-state index < -0.39 is 83.6 Å². The quantitative estimate of drug-likeness (QED) is 0.0388. The Morgan fingerprint density at radius 2 is 0.264 bits per heavy atom. The van der Waals surface area contributed by atoms with Gasteiger partial charge in [-0.15, -0.1) is 0 Å². The highest BCUT2D eigenvalue weighted by atomic mass is 15.1. The van der Waals surface area contributed by atoms with Crippen molar-refractivity contribution in [3.63, 3.8) is 0 Å². The molecule has 25 nitrogen and oxygen atoms in total. The zero-order valence-electron chi connectivity index (χ0n) is 68.1. The van der Waals surface area contributed by atoms with E-state index in [1.54, 1.807) is 156 Å². The van der Waals surface area contributed by atoms with Crippen molar-refractivity contribution in [1.29, 1.82) is 105 Å². The van der Waals surface area contributed by atoms with Gasteiger partial charge in [-0.2, -0.15) is 105 Å². The third kappa shape index (κ3) is 14.7. The highest BCUT2D eigenvalue weighted by Crippen LogP contribution is 2.60. The summed E-state index contributed by atoms with van der Waals surface area (Å²) in [5.74, 6) is 0. The summed E-state index contributed by atoms with van der Waals surface area (Å²) in [6.07, 6.45) is 0. The third-order valence-corrected chi connectivity index (χ3v) is 21.2. The number of hydrogen-bond donors (Lipinski definition) is 0. The summed E-state index contributed by atoms with van der Waals surface area (Å²) in [5.41, 5.74) is -10.6. The normalized spacial score (nSPS) is 9.84. The predicted octanol–water partition coefficient (Wildman–Crippen LogP) is 17.6. The van der Waals surface area contributed by atoms with E-state index >= 15 is 0 Å². The molecule has 0 heterocycles. The standard InChI is InChI=1S/C100H55N25/c1-121(2)71-21-11-56(12-22-71)86(61(36-101)37-102)91(66(46-111)47-112)76-31-82-78(93(68(50-115)51-116)88(63(40-105)41-106)58-15-25-73(26-16-58)123(5)6)33-84-80(95(70(54-119)55-120)90(65(44-109)45-110)60-19-29-75(30-20-60)125(9)10)35-85-79(94(69(52-117)53-118)89(64(42-107)43-108)59-17-27-74(28-18-59)124(7)8)34-83-77(32-81(76)96-97(82)99(84)100(85)98(83)96)92(67(48-113)49-114)87(62(38-103)39-104)57-13-23-72(24-14-57)122(3)4/h11-35H,1-10H3. The molecule has 0 radical (unpaired) electrons. The van der Waals surface area contributed by atoms with Crippen molar-refractivity contribution in [1.82, 2.24) is 0 Å². The fourth-order valence-corrected chi connectivity index (χ4v) is 15.6. The van der Waals surface area contributed by atoms with Crippen molar-refractivity contribution in [2.75, 3.05) is 95.0 Å². The highest BCUT2D eigenvalue weighted by Gasteiger charge is 2.38. The second-order valence-electron chi connectivity index (χ2n) is 28.7. The van der Waals surface area contributed by atoms with Crippen LogP contribution in [0.4, 0.5) is 28.4 Å². The number of nitriles is 20.